The molecule has 2 amide bonds. The Bertz CT molecular complexity index is 386. The van der Waals surface area contributed by atoms with Crippen molar-refractivity contribution in [2.75, 3.05) is 19.7 Å². The van der Waals surface area contributed by atoms with Gasteiger partial charge in [-0.3, -0.25) is 4.79 Å². The van der Waals surface area contributed by atoms with Gasteiger partial charge in [-0.2, -0.15) is 0 Å². The van der Waals surface area contributed by atoms with Crippen molar-refractivity contribution in [1.82, 2.24) is 10.2 Å². The smallest absolute Gasteiger partial charge is 0.407 e. The van der Waals surface area contributed by atoms with Gasteiger partial charge in [0.15, 0.2) is 0 Å². The van der Waals surface area contributed by atoms with E-state index >= 15 is 0 Å². The minimum absolute atomic E-state index is 0.0426. The molecule has 2 heterocycles. The lowest BCUT2D eigenvalue weighted by molar-refractivity contribution is -0.142. The molecule has 2 fully saturated rings. The molecule has 6 nitrogen and oxygen atoms in total. The highest BCUT2D eigenvalue weighted by molar-refractivity contribution is 5.81. The molecule has 2 aliphatic heterocycles. The van der Waals surface area contributed by atoms with Gasteiger partial charge in [-0.1, -0.05) is 0 Å². The van der Waals surface area contributed by atoms with E-state index in [4.69, 9.17) is 9.47 Å². The minimum atomic E-state index is -0.508. The highest BCUT2D eigenvalue weighted by Crippen LogP contribution is 2.18. The standard InChI is InChI=1S/C15H26N2O4/c1-15(2,3)21-14(19)16-11-6-4-8-17(10-11)13(18)12-7-5-9-20-12/h11-12H,4-10H2,1-3H3,(H,16,19)/t11-,12+/m1/s1. The van der Waals surface area contributed by atoms with Crippen LogP contribution in [0.15, 0.2) is 0 Å². The van der Waals surface area contributed by atoms with Crippen LogP contribution in [0.3, 0.4) is 0 Å². The van der Waals surface area contributed by atoms with Crippen LogP contribution in [-0.4, -0.2) is 54.3 Å². The Morgan fingerprint density at radius 3 is 2.62 bits per heavy atom. The third-order valence-corrected chi connectivity index (χ3v) is 3.66. The number of alkyl carbamates (subject to hydrolysis) is 1. The van der Waals surface area contributed by atoms with E-state index in [9.17, 15) is 9.59 Å². The van der Waals surface area contributed by atoms with E-state index in [1.807, 2.05) is 25.7 Å². The first kappa shape index (κ1) is 16.1. The first-order chi connectivity index (χ1) is 9.85. The van der Waals surface area contributed by atoms with Gasteiger partial charge < -0.3 is 19.7 Å². The maximum atomic E-state index is 12.3. The van der Waals surface area contributed by atoms with Crippen molar-refractivity contribution in [3.05, 3.63) is 0 Å². The molecule has 0 aromatic carbocycles. The van der Waals surface area contributed by atoms with Gasteiger partial charge in [-0.05, 0) is 46.5 Å². The molecule has 0 unspecified atom stereocenters. The first-order valence-corrected chi connectivity index (χ1v) is 7.75. The molecule has 2 atom stereocenters. The molecule has 0 saturated carbocycles. The number of carbonyl (C=O) groups excluding carboxylic acids is 2. The zero-order valence-corrected chi connectivity index (χ0v) is 13.2. The lowest BCUT2D eigenvalue weighted by atomic mass is 10.0. The third-order valence-electron chi connectivity index (χ3n) is 3.66. The molecular weight excluding hydrogens is 272 g/mol. The fourth-order valence-electron chi connectivity index (χ4n) is 2.75. The average molecular weight is 298 g/mol. The van der Waals surface area contributed by atoms with Gasteiger partial charge in [0.25, 0.3) is 5.91 Å². The van der Waals surface area contributed by atoms with Gasteiger partial charge >= 0.3 is 6.09 Å². The van der Waals surface area contributed by atoms with E-state index in [0.29, 0.717) is 13.2 Å². The van der Waals surface area contributed by atoms with Gasteiger partial charge in [0.05, 0.1) is 0 Å². The quantitative estimate of drug-likeness (QED) is 0.842. The molecule has 0 aromatic rings. The lowest BCUT2D eigenvalue weighted by Gasteiger charge is -2.34. The highest BCUT2D eigenvalue weighted by Gasteiger charge is 2.32. The zero-order valence-electron chi connectivity index (χ0n) is 13.2. The Morgan fingerprint density at radius 1 is 1.24 bits per heavy atom. The fraction of sp³-hybridized carbons (Fsp3) is 0.867. The normalized spacial score (nSPS) is 26.5. The average Bonchev–Trinajstić information content (AvgIpc) is 2.89. The maximum Gasteiger partial charge on any atom is 0.407 e. The molecule has 120 valence electrons. The van der Waals surface area contributed by atoms with Gasteiger partial charge in [0.2, 0.25) is 0 Å². The summed E-state index contributed by atoms with van der Waals surface area (Å²) in [6.07, 6.45) is 2.81. The molecule has 21 heavy (non-hydrogen) atoms. The SMILES string of the molecule is CC(C)(C)OC(=O)N[C@@H]1CCCN(C(=O)[C@@H]2CCCO2)C1. The number of hydrogen-bond donors (Lipinski definition) is 1. The Labute approximate surface area is 126 Å². The molecule has 0 bridgehead atoms. The number of hydrogen-bond acceptors (Lipinski definition) is 4. The second-order valence-corrected chi connectivity index (χ2v) is 6.77. The predicted octanol–water partition coefficient (Wildman–Crippen LogP) is 1.68. The summed E-state index contributed by atoms with van der Waals surface area (Å²) >= 11 is 0. The van der Waals surface area contributed by atoms with Gasteiger partial charge in [-0.25, -0.2) is 4.79 Å². The largest absolute Gasteiger partial charge is 0.444 e. The summed E-state index contributed by atoms with van der Waals surface area (Å²) in [6.45, 7) is 7.45. The van der Waals surface area contributed by atoms with Crippen molar-refractivity contribution < 1.29 is 19.1 Å². The van der Waals surface area contributed by atoms with Crippen LogP contribution in [-0.2, 0) is 14.3 Å². The molecule has 0 aliphatic carbocycles. The Morgan fingerprint density at radius 2 is 2.00 bits per heavy atom. The molecule has 2 aliphatic rings. The van der Waals surface area contributed by atoms with E-state index in [-0.39, 0.29) is 18.1 Å². The van der Waals surface area contributed by atoms with Crippen molar-refractivity contribution in [2.24, 2.45) is 0 Å². The summed E-state index contributed by atoms with van der Waals surface area (Å²) in [5.74, 6) is 0.0585. The highest BCUT2D eigenvalue weighted by atomic mass is 16.6. The van der Waals surface area contributed by atoms with E-state index < -0.39 is 11.7 Å². The van der Waals surface area contributed by atoms with Crippen LogP contribution in [0.5, 0.6) is 0 Å². The number of amides is 2. The predicted molar refractivity (Wildman–Crippen MR) is 77.9 cm³/mol. The molecule has 2 saturated heterocycles. The molecule has 1 N–H and O–H groups in total. The molecule has 2 rings (SSSR count). The zero-order chi connectivity index (χ0) is 15.5. The van der Waals surface area contributed by atoms with Crippen molar-refractivity contribution in [1.29, 1.82) is 0 Å². The third kappa shape index (κ3) is 4.88. The summed E-state index contributed by atoms with van der Waals surface area (Å²) in [6, 6.07) is -0.0426. The first-order valence-electron chi connectivity index (χ1n) is 7.75. The number of likely N-dealkylation sites (tertiary alicyclic amines) is 1. The maximum absolute atomic E-state index is 12.3. The van der Waals surface area contributed by atoms with Gasteiger partial charge in [0.1, 0.15) is 11.7 Å². The summed E-state index contributed by atoms with van der Waals surface area (Å²) in [4.78, 5) is 25.9. The second-order valence-electron chi connectivity index (χ2n) is 6.77. The Kier molecular flexibility index (Phi) is 5.08. The van der Waals surface area contributed by atoms with Crippen LogP contribution in [0.2, 0.25) is 0 Å². The van der Waals surface area contributed by atoms with Crippen LogP contribution in [0.1, 0.15) is 46.5 Å². The second kappa shape index (κ2) is 6.64. The Balaban J connectivity index is 1.83. The minimum Gasteiger partial charge on any atom is -0.444 e. The van der Waals surface area contributed by atoms with Crippen LogP contribution < -0.4 is 5.32 Å². The molecule has 0 aromatic heterocycles. The van der Waals surface area contributed by atoms with Crippen molar-refractivity contribution >= 4 is 12.0 Å². The molecular formula is C15H26N2O4. The molecule has 0 radical (unpaired) electrons. The lowest BCUT2D eigenvalue weighted by Crippen LogP contribution is -2.52. The summed E-state index contributed by atoms with van der Waals surface area (Å²) in [5, 5.41) is 2.85. The van der Waals surface area contributed by atoms with Crippen LogP contribution in [0, 0.1) is 0 Å². The Hall–Kier alpha value is -1.30. The van der Waals surface area contributed by atoms with Crippen LogP contribution in [0.4, 0.5) is 4.79 Å². The van der Waals surface area contributed by atoms with E-state index in [1.54, 1.807) is 0 Å². The molecule has 0 spiro atoms. The van der Waals surface area contributed by atoms with Crippen molar-refractivity contribution in [3.63, 3.8) is 0 Å². The van der Waals surface area contributed by atoms with Gasteiger partial charge in [-0.15, -0.1) is 0 Å². The topological polar surface area (TPSA) is 67.9 Å². The van der Waals surface area contributed by atoms with E-state index in [2.05, 4.69) is 5.32 Å². The summed E-state index contributed by atoms with van der Waals surface area (Å²) in [5.41, 5.74) is -0.508. The number of carbonyl (C=O) groups is 2. The number of nitrogens with zero attached hydrogens (tertiary/aromatic N) is 1. The number of piperidine rings is 1. The van der Waals surface area contributed by atoms with Crippen molar-refractivity contribution in [3.8, 4) is 0 Å². The van der Waals surface area contributed by atoms with Crippen molar-refractivity contribution in [2.45, 2.75) is 64.2 Å². The molecule has 6 heteroatoms. The van der Waals surface area contributed by atoms with E-state index in [0.717, 1.165) is 32.2 Å². The summed E-state index contributed by atoms with van der Waals surface area (Å²) in [7, 11) is 0. The number of rotatable bonds is 2. The monoisotopic (exact) mass is 298 g/mol. The summed E-state index contributed by atoms with van der Waals surface area (Å²) < 4.78 is 10.7. The van der Waals surface area contributed by atoms with Gasteiger partial charge in [0, 0.05) is 25.7 Å². The number of ether oxygens (including phenoxy) is 2. The van der Waals surface area contributed by atoms with Crippen LogP contribution in [0.25, 0.3) is 0 Å². The number of nitrogens with one attached hydrogen (secondary N) is 1. The van der Waals surface area contributed by atoms with Crippen LogP contribution >= 0.6 is 0 Å². The van der Waals surface area contributed by atoms with E-state index in [1.165, 1.54) is 0 Å². The fourth-order valence-corrected chi connectivity index (χ4v) is 2.75.